The molecule has 1 unspecified atom stereocenters. The van der Waals surface area contributed by atoms with Crippen molar-refractivity contribution in [2.75, 3.05) is 13.8 Å². The molecule has 0 bridgehead atoms. The van der Waals surface area contributed by atoms with E-state index in [0.717, 1.165) is 5.30 Å². The maximum Gasteiger partial charge on any atom is 0.338 e. The predicted molar refractivity (Wildman–Crippen MR) is 71.1 cm³/mol. The smallest absolute Gasteiger partial charge is 0.338 e. The molecule has 3 nitrogen and oxygen atoms in total. The van der Waals surface area contributed by atoms with Gasteiger partial charge in [-0.25, -0.2) is 4.79 Å². The Morgan fingerprint density at radius 1 is 1.18 bits per heavy atom. The fourth-order valence-electron chi connectivity index (χ4n) is 1.25. The highest BCUT2D eigenvalue weighted by Crippen LogP contribution is 2.29. The zero-order valence-electron chi connectivity index (χ0n) is 11.0. The van der Waals surface area contributed by atoms with E-state index in [1.54, 1.807) is 19.2 Å². The number of carbonyl (C=O) groups excluding carboxylic acids is 1. The minimum absolute atomic E-state index is 0.290. The van der Waals surface area contributed by atoms with Crippen LogP contribution in [-0.4, -0.2) is 25.3 Å². The minimum Gasteiger partial charge on any atom is -0.456 e. The fourth-order valence-corrected chi connectivity index (χ4v) is 2.03. The van der Waals surface area contributed by atoms with Gasteiger partial charge in [-0.05, 0) is 39.6 Å². The van der Waals surface area contributed by atoms with Crippen LogP contribution in [-0.2, 0) is 9.26 Å². The van der Waals surface area contributed by atoms with Gasteiger partial charge in [0.2, 0.25) is 0 Å². The lowest BCUT2D eigenvalue weighted by Crippen LogP contribution is -2.24. The Labute approximate surface area is 104 Å². The second-order valence-electron chi connectivity index (χ2n) is 4.73. The van der Waals surface area contributed by atoms with Gasteiger partial charge in [-0.1, -0.05) is 12.1 Å². The molecule has 0 N–H and O–H groups in total. The van der Waals surface area contributed by atoms with Crippen molar-refractivity contribution in [1.82, 2.24) is 0 Å². The SMILES string of the molecule is COP(C)c1ccc(C(=O)OC(C)(C)C)cc1. The van der Waals surface area contributed by atoms with Gasteiger partial charge in [0.05, 0.1) is 13.7 Å². The van der Waals surface area contributed by atoms with Crippen LogP contribution in [0.1, 0.15) is 31.1 Å². The summed E-state index contributed by atoms with van der Waals surface area (Å²) in [6.45, 7) is 7.60. The van der Waals surface area contributed by atoms with E-state index < -0.39 is 13.7 Å². The summed E-state index contributed by atoms with van der Waals surface area (Å²) in [4.78, 5) is 11.8. The van der Waals surface area contributed by atoms with Crippen molar-refractivity contribution < 1.29 is 14.1 Å². The monoisotopic (exact) mass is 254 g/mol. The first-order valence-corrected chi connectivity index (χ1v) is 7.15. The van der Waals surface area contributed by atoms with Crippen LogP contribution in [0.5, 0.6) is 0 Å². The molecule has 0 radical (unpaired) electrons. The highest BCUT2D eigenvalue weighted by Gasteiger charge is 2.17. The molecular formula is C13H19O3P. The van der Waals surface area contributed by atoms with Gasteiger partial charge in [-0.15, -0.1) is 0 Å². The third-order valence-corrected chi connectivity index (χ3v) is 3.71. The first kappa shape index (κ1) is 14.1. The predicted octanol–water partition coefficient (Wildman–Crippen LogP) is 2.94. The lowest BCUT2D eigenvalue weighted by Gasteiger charge is -2.19. The van der Waals surface area contributed by atoms with Crippen molar-refractivity contribution in [3.63, 3.8) is 0 Å². The minimum atomic E-state index is -0.584. The topological polar surface area (TPSA) is 35.5 Å². The number of ether oxygens (including phenoxy) is 1. The van der Waals surface area contributed by atoms with E-state index >= 15 is 0 Å². The molecule has 0 saturated heterocycles. The summed E-state index contributed by atoms with van der Waals surface area (Å²) in [6.07, 6.45) is 0. The van der Waals surface area contributed by atoms with Crippen LogP contribution < -0.4 is 5.30 Å². The number of hydrogen-bond acceptors (Lipinski definition) is 3. The molecule has 0 aliphatic heterocycles. The number of esters is 1. The van der Waals surface area contributed by atoms with Crippen molar-refractivity contribution in [3.8, 4) is 0 Å². The molecule has 0 fully saturated rings. The van der Waals surface area contributed by atoms with E-state index in [2.05, 4.69) is 0 Å². The Kier molecular flexibility index (Phi) is 4.67. The first-order valence-electron chi connectivity index (χ1n) is 5.45. The average Bonchev–Trinajstić information content (AvgIpc) is 2.26. The Balaban J connectivity index is 2.77. The zero-order chi connectivity index (χ0) is 13.1. The molecule has 0 aliphatic rings. The van der Waals surface area contributed by atoms with Crippen LogP contribution in [0.15, 0.2) is 24.3 Å². The molecule has 0 saturated carbocycles. The van der Waals surface area contributed by atoms with Crippen molar-refractivity contribution >= 4 is 19.4 Å². The summed E-state index contributed by atoms with van der Waals surface area (Å²) >= 11 is 0. The third kappa shape index (κ3) is 4.45. The Bertz CT molecular complexity index is 379. The molecule has 1 atom stereocenters. The van der Waals surface area contributed by atoms with Gasteiger partial charge < -0.3 is 9.26 Å². The van der Waals surface area contributed by atoms with Crippen LogP contribution in [0.25, 0.3) is 0 Å². The Hall–Kier alpha value is -0.920. The van der Waals surface area contributed by atoms with Crippen LogP contribution >= 0.6 is 8.15 Å². The highest BCUT2D eigenvalue weighted by atomic mass is 31.1. The van der Waals surface area contributed by atoms with Crippen LogP contribution in [0.4, 0.5) is 0 Å². The molecule has 17 heavy (non-hydrogen) atoms. The van der Waals surface area contributed by atoms with E-state index in [1.807, 2.05) is 39.6 Å². The quantitative estimate of drug-likeness (QED) is 0.614. The van der Waals surface area contributed by atoms with Crippen molar-refractivity contribution in [2.24, 2.45) is 0 Å². The molecule has 1 rings (SSSR count). The van der Waals surface area contributed by atoms with Crippen molar-refractivity contribution in [3.05, 3.63) is 29.8 Å². The van der Waals surface area contributed by atoms with Crippen LogP contribution in [0.2, 0.25) is 0 Å². The standard InChI is InChI=1S/C13H19O3P/c1-13(2,3)16-12(14)10-6-8-11(9-7-10)17(5)15-4/h6-9H,1-5H3. The number of carbonyl (C=O) groups is 1. The molecule has 0 aliphatic carbocycles. The van der Waals surface area contributed by atoms with Crippen molar-refractivity contribution in [2.45, 2.75) is 26.4 Å². The molecule has 1 aromatic carbocycles. The maximum atomic E-state index is 11.8. The second-order valence-corrected chi connectivity index (χ2v) is 6.61. The normalized spacial score (nSPS) is 13.2. The number of hydrogen-bond donors (Lipinski definition) is 0. The first-order chi connectivity index (χ1) is 7.83. The van der Waals surface area contributed by atoms with Gasteiger partial charge in [0.1, 0.15) is 5.60 Å². The summed E-state index contributed by atoms with van der Waals surface area (Å²) in [5.74, 6) is -0.290. The lowest BCUT2D eigenvalue weighted by atomic mass is 10.2. The Morgan fingerprint density at radius 3 is 2.12 bits per heavy atom. The lowest BCUT2D eigenvalue weighted by molar-refractivity contribution is 0.00696. The van der Waals surface area contributed by atoms with E-state index in [4.69, 9.17) is 9.26 Å². The third-order valence-electron chi connectivity index (χ3n) is 2.14. The van der Waals surface area contributed by atoms with Gasteiger partial charge in [0.25, 0.3) is 0 Å². The molecular weight excluding hydrogens is 235 g/mol. The number of benzene rings is 1. The van der Waals surface area contributed by atoms with Gasteiger partial charge in [0.15, 0.2) is 0 Å². The molecule has 4 heteroatoms. The summed E-state index contributed by atoms with van der Waals surface area (Å²) in [5, 5.41) is 1.11. The molecule has 0 amide bonds. The van der Waals surface area contributed by atoms with Gasteiger partial charge >= 0.3 is 5.97 Å². The summed E-state index contributed by atoms with van der Waals surface area (Å²) in [7, 11) is 1.10. The molecule has 1 aromatic rings. The van der Waals surface area contributed by atoms with E-state index in [0.29, 0.717) is 5.56 Å². The molecule has 0 aromatic heterocycles. The molecule has 94 valence electrons. The zero-order valence-corrected chi connectivity index (χ0v) is 11.9. The largest absolute Gasteiger partial charge is 0.456 e. The summed E-state index contributed by atoms with van der Waals surface area (Å²) in [6, 6.07) is 7.38. The maximum absolute atomic E-state index is 11.8. The van der Waals surface area contributed by atoms with Crippen LogP contribution in [0.3, 0.4) is 0 Å². The van der Waals surface area contributed by atoms with E-state index in [-0.39, 0.29) is 5.97 Å². The molecule has 0 spiro atoms. The Morgan fingerprint density at radius 2 is 1.71 bits per heavy atom. The second kappa shape index (κ2) is 5.61. The van der Waals surface area contributed by atoms with E-state index in [9.17, 15) is 4.79 Å². The summed E-state index contributed by atoms with van der Waals surface area (Å²) < 4.78 is 10.6. The van der Waals surface area contributed by atoms with Gasteiger partial charge in [-0.2, -0.15) is 0 Å². The average molecular weight is 254 g/mol. The summed E-state index contributed by atoms with van der Waals surface area (Å²) in [5.41, 5.74) is 0.114. The van der Waals surface area contributed by atoms with Crippen LogP contribution in [0, 0.1) is 0 Å². The number of rotatable bonds is 3. The fraction of sp³-hybridized carbons (Fsp3) is 0.462. The highest BCUT2D eigenvalue weighted by molar-refractivity contribution is 7.60. The molecule has 0 heterocycles. The van der Waals surface area contributed by atoms with Gasteiger partial charge in [0, 0.05) is 12.4 Å². The van der Waals surface area contributed by atoms with Gasteiger partial charge in [-0.3, -0.25) is 0 Å². The van der Waals surface area contributed by atoms with Crippen molar-refractivity contribution in [1.29, 1.82) is 0 Å². The van der Waals surface area contributed by atoms with E-state index in [1.165, 1.54) is 0 Å².